The Morgan fingerprint density at radius 2 is 1.05 bits per heavy atom. The van der Waals surface area contributed by atoms with Crippen molar-refractivity contribution in [1.29, 1.82) is 0 Å². The van der Waals surface area contributed by atoms with Crippen LogP contribution in [-0.4, -0.2) is 6.71 Å². The SMILES string of the molecule is Cc1ccc(N(c2ccc(C)cc2)c2ccc3c(c2)N(c2ccc(C(C)(C)C)cc2)c2cc(C)cc4c2B3c2sc3cc5c(cc3c2N4c2ccc(C(C)(C)C)cc2-c2ccccc2)C(C)(C)CCC5(C)C)cc1. The Bertz CT molecular complexity index is 3620. The van der Waals surface area contributed by atoms with Crippen molar-refractivity contribution < 1.29 is 0 Å². The highest BCUT2D eigenvalue weighted by atomic mass is 32.1. The summed E-state index contributed by atoms with van der Waals surface area (Å²) in [4.78, 5) is 7.73. The van der Waals surface area contributed by atoms with Gasteiger partial charge in [0.15, 0.2) is 0 Å². The lowest BCUT2D eigenvalue weighted by Gasteiger charge is -2.44. The van der Waals surface area contributed by atoms with Crippen LogP contribution in [0.1, 0.15) is 121 Å². The summed E-state index contributed by atoms with van der Waals surface area (Å²) in [6, 6.07) is 63.4. The Hall–Kier alpha value is -6.82. The third-order valence-corrected chi connectivity index (χ3v) is 18.0. The van der Waals surface area contributed by atoms with Crippen molar-refractivity contribution in [3.63, 3.8) is 0 Å². The van der Waals surface area contributed by atoms with Crippen LogP contribution in [0.25, 0.3) is 21.2 Å². The molecule has 1 aromatic heterocycles. The van der Waals surface area contributed by atoms with E-state index in [4.69, 9.17) is 0 Å². The fourth-order valence-corrected chi connectivity index (χ4v) is 13.7. The molecule has 3 heterocycles. The number of rotatable bonds is 6. The van der Waals surface area contributed by atoms with Gasteiger partial charge in [0.25, 0.3) is 6.71 Å². The molecule has 2 aliphatic heterocycles. The average Bonchev–Trinajstić information content (AvgIpc) is 3.74. The van der Waals surface area contributed by atoms with Crippen molar-refractivity contribution in [3.05, 3.63) is 203 Å². The van der Waals surface area contributed by atoms with Gasteiger partial charge in [0.05, 0.1) is 11.4 Å². The Morgan fingerprint density at radius 1 is 0.500 bits per heavy atom. The number of aryl methyl sites for hydroxylation is 3. The van der Waals surface area contributed by atoms with E-state index >= 15 is 0 Å². The van der Waals surface area contributed by atoms with E-state index in [-0.39, 0.29) is 28.4 Å². The van der Waals surface area contributed by atoms with E-state index in [2.05, 4.69) is 269 Å². The fraction of sp³-hybridized carbons (Fsp3) is 0.275. The molecule has 0 radical (unpaired) electrons. The number of benzene rings is 8. The van der Waals surface area contributed by atoms with Gasteiger partial charge in [-0.1, -0.05) is 159 Å². The zero-order valence-electron chi connectivity index (χ0n) is 45.8. The summed E-state index contributed by atoms with van der Waals surface area (Å²) in [5, 5.41) is 1.35. The van der Waals surface area contributed by atoms with E-state index in [0.29, 0.717) is 0 Å². The van der Waals surface area contributed by atoms with Gasteiger partial charge in [-0.15, -0.1) is 11.3 Å². The first-order valence-corrected chi connectivity index (χ1v) is 27.7. The van der Waals surface area contributed by atoms with Gasteiger partial charge in [-0.25, -0.2) is 0 Å². The van der Waals surface area contributed by atoms with Crippen molar-refractivity contribution >= 4 is 95.0 Å². The van der Waals surface area contributed by atoms with E-state index in [1.54, 1.807) is 0 Å². The Labute approximate surface area is 445 Å². The zero-order chi connectivity index (χ0) is 51.8. The van der Waals surface area contributed by atoms with E-state index in [0.717, 1.165) is 22.7 Å². The molecule has 5 heteroatoms. The van der Waals surface area contributed by atoms with Crippen molar-refractivity contribution in [3.8, 4) is 11.1 Å². The minimum Gasteiger partial charge on any atom is -0.311 e. The molecule has 0 saturated heterocycles. The zero-order valence-corrected chi connectivity index (χ0v) is 46.6. The summed E-state index contributed by atoms with van der Waals surface area (Å²) in [7, 11) is 0. The monoisotopic (exact) mass is 984 g/mol. The number of fused-ring (bicyclic) bond motifs is 7. The molecule has 8 aromatic carbocycles. The molecule has 0 atom stereocenters. The average molecular weight is 984 g/mol. The first-order chi connectivity index (χ1) is 35.2. The normalized spacial score (nSPS) is 15.4. The molecule has 1 aliphatic carbocycles. The van der Waals surface area contributed by atoms with Crippen LogP contribution >= 0.6 is 11.3 Å². The standard InChI is InChI=1S/C69H70BN3S/c1-43-19-26-49(27-20-43)71(50-28-21-44(2)22-29-50)52-32-33-57-59(40-52)72(51-30-23-47(24-31-51)66(4,5)6)60-37-45(3)38-61-63(60)70(57)65-64(54-41-55-56(42-62(54)74-65)69(12,13)36-35-68(55,10)11)73(61)58-34-25-48(67(7,8)9)39-53(58)46-17-15-14-16-18-46/h14-34,37-42H,35-36H2,1-13H3. The molecule has 12 rings (SSSR count). The predicted molar refractivity (Wildman–Crippen MR) is 323 cm³/mol. The summed E-state index contributed by atoms with van der Waals surface area (Å²) < 4.78 is 2.77. The molecular formula is C69H70BN3S. The van der Waals surface area contributed by atoms with Gasteiger partial charge in [0.2, 0.25) is 0 Å². The van der Waals surface area contributed by atoms with Crippen molar-refractivity contribution in [2.75, 3.05) is 14.7 Å². The van der Waals surface area contributed by atoms with Crippen molar-refractivity contribution in [1.82, 2.24) is 0 Å². The van der Waals surface area contributed by atoms with E-state index in [9.17, 15) is 0 Å². The highest BCUT2D eigenvalue weighted by molar-refractivity contribution is 7.33. The second-order valence-electron chi connectivity index (χ2n) is 25.2. The van der Waals surface area contributed by atoms with Crippen LogP contribution < -0.4 is 30.4 Å². The third kappa shape index (κ3) is 7.92. The number of nitrogens with zero attached hydrogens (tertiary/aromatic N) is 3. The third-order valence-electron chi connectivity index (χ3n) is 16.8. The summed E-state index contributed by atoms with van der Waals surface area (Å²) >= 11 is 2.03. The summed E-state index contributed by atoms with van der Waals surface area (Å²) in [5.41, 5.74) is 25.4. The molecule has 0 bridgehead atoms. The van der Waals surface area contributed by atoms with Crippen LogP contribution in [0.5, 0.6) is 0 Å². The molecule has 0 fully saturated rings. The fourth-order valence-electron chi connectivity index (χ4n) is 12.3. The molecule has 0 amide bonds. The summed E-state index contributed by atoms with van der Waals surface area (Å²) in [5.74, 6) is 0. The first-order valence-electron chi connectivity index (χ1n) is 26.9. The van der Waals surface area contributed by atoms with Crippen LogP contribution in [0.2, 0.25) is 0 Å². The highest BCUT2D eigenvalue weighted by Crippen LogP contribution is 2.54. The van der Waals surface area contributed by atoms with Gasteiger partial charge < -0.3 is 14.7 Å². The summed E-state index contributed by atoms with van der Waals surface area (Å²) in [6.45, 7) is 30.4. The van der Waals surface area contributed by atoms with Gasteiger partial charge in [-0.05, 0) is 185 Å². The van der Waals surface area contributed by atoms with Gasteiger partial charge in [0, 0.05) is 60.2 Å². The minimum absolute atomic E-state index is 0.0160. The predicted octanol–water partition coefficient (Wildman–Crippen LogP) is 18.0. The van der Waals surface area contributed by atoms with Gasteiger partial charge in [-0.3, -0.25) is 0 Å². The maximum atomic E-state index is 2.70. The maximum absolute atomic E-state index is 2.70. The lowest BCUT2D eigenvalue weighted by molar-refractivity contribution is 0.332. The van der Waals surface area contributed by atoms with Crippen molar-refractivity contribution in [2.45, 2.75) is 125 Å². The molecule has 3 nitrogen and oxygen atoms in total. The second kappa shape index (κ2) is 17.1. The van der Waals surface area contributed by atoms with Gasteiger partial charge in [-0.2, -0.15) is 0 Å². The highest BCUT2D eigenvalue weighted by Gasteiger charge is 2.47. The molecule has 74 heavy (non-hydrogen) atoms. The largest absolute Gasteiger partial charge is 0.311 e. The van der Waals surface area contributed by atoms with Crippen LogP contribution in [0, 0.1) is 20.8 Å². The second-order valence-corrected chi connectivity index (χ2v) is 26.3. The van der Waals surface area contributed by atoms with Gasteiger partial charge >= 0.3 is 0 Å². The maximum Gasteiger partial charge on any atom is 0.264 e. The van der Waals surface area contributed by atoms with Crippen LogP contribution in [-0.2, 0) is 21.7 Å². The molecular weight excluding hydrogens is 914 g/mol. The minimum atomic E-state index is -0.0324. The number of anilines is 9. The lowest BCUT2D eigenvalue weighted by Crippen LogP contribution is -2.60. The quantitative estimate of drug-likeness (QED) is 0.154. The number of hydrogen-bond acceptors (Lipinski definition) is 4. The molecule has 370 valence electrons. The van der Waals surface area contributed by atoms with Gasteiger partial charge in [0.1, 0.15) is 0 Å². The van der Waals surface area contributed by atoms with Crippen LogP contribution in [0.4, 0.5) is 51.2 Å². The Morgan fingerprint density at radius 3 is 1.65 bits per heavy atom. The lowest BCUT2D eigenvalue weighted by atomic mass is 9.36. The molecule has 0 saturated carbocycles. The topological polar surface area (TPSA) is 9.72 Å². The molecule has 0 unspecified atom stereocenters. The van der Waals surface area contributed by atoms with E-state index in [1.807, 2.05) is 11.3 Å². The smallest absolute Gasteiger partial charge is 0.264 e. The van der Waals surface area contributed by atoms with Crippen molar-refractivity contribution in [2.24, 2.45) is 0 Å². The Kier molecular flexibility index (Phi) is 11.1. The summed E-state index contributed by atoms with van der Waals surface area (Å²) in [6.07, 6.45) is 2.34. The number of thiophene rings is 1. The molecule has 0 spiro atoms. The molecule has 3 aliphatic rings. The van der Waals surface area contributed by atoms with Crippen LogP contribution in [0.15, 0.2) is 164 Å². The first kappa shape index (κ1) is 48.1. The van der Waals surface area contributed by atoms with E-state index in [1.165, 1.54) is 117 Å². The number of hydrogen-bond donors (Lipinski definition) is 0. The van der Waals surface area contributed by atoms with E-state index < -0.39 is 0 Å². The molecule has 0 N–H and O–H groups in total. The molecule has 9 aromatic rings. The van der Waals surface area contributed by atoms with Crippen LogP contribution in [0.3, 0.4) is 0 Å². The Balaban J connectivity index is 1.19.